The molecule has 0 spiro atoms. The van der Waals surface area contributed by atoms with Crippen molar-refractivity contribution in [3.8, 4) is 0 Å². The van der Waals surface area contributed by atoms with E-state index in [0.29, 0.717) is 11.8 Å². The molecule has 1 aliphatic rings. The summed E-state index contributed by atoms with van der Waals surface area (Å²) in [5.74, 6) is 1.24. The lowest BCUT2D eigenvalue weighted by atomic mass is 9.78. The van der Waals surface area contributed by atoms with Crippen molar-refractivity contribution in [2.24, 2.45) is 11.8 Å². The summed E-state index contributed by atoms with van der Waals surface area (Å²) in [6, 6.07) is 7.99. The Morgan fingerprint density at radius 1 is 1.33 bits per heavy atom. The predicted molar refractivity (Wildman–Crippen MR) is 81.6 cm³/mol. The summed E-state index contributed by atoms with van der Waals surface area (Å²) < 4.78 is 1.67. The Morgan fingerprint density at radius 2 is 2.14 bits per heavy atom. The van der Waals surface area contributed by atoms with Gasteiger partial charge in [0.1, 0.15) is 12.1 Å². The SMILES string of the molecule is C[C@H]1[C@H](C)CCC[C@H]1NC(=O)Cn1nnc2ccccc21. The zero-order valence-corrected chi connectivity index (χ0v) is 12.6. The molecule has 1 amide bonds. The lowest BCUT2D eigenvalue weighted by Crippen LogP contribution is -2.44. The molecule has 3 rings (SSSR count). The molecule has 1 heterocycles. The molecule has 1 saturated carbocycles. The number of amides is 1. The number of fused-ring (bicyclic) bond motifs is 1. The quantitative estimate of drug-likeness (QED) is 0.942. The number of rotatable bonds is 3. The summed E-state index contributed by atoms with van der Waals surface area (Å²) in [5.41, 5.74) is 1.72. The second-order valence-corrected chi connectivity index (χ2v) is 6.18. The number of para-hydroxylation sites is 1. The van der Waals surface area contributed by atoms with E-state index < -0.39 is 0 Å². The summed E-state index contributed by atoms with van der Waals surface area (Å²) in [6.45, 7) is 4.74. The number of aromatic nitrogens is 3. The molecule has 1 aromatic carbocycles. The normalized spacial score (nSPS) is 25.9. The topological polar surface area (TPSA) is 59.8 Å². The molecule has 5 heteroatoms. The van der Waals surface area contributed by atoms with E-state index in [-0.39, 0.29) is 18.5 Å². The van der Waals surface area contributed by atoms with Gasteiger partial charge in [0.25, 0.3) is 0 Å². The Labute approximate surface area is 124 Å². The standard InChI is InChI=1S/C16H22N4O/c1-11-6-5-8-13(12(11)2)17-16(21)10-20-15-9-4-3-7-14(15)18-19-20/h3-4,7,9,11-13H,5-6,8,10H2,1-2H3,(H,17,21)/t11-,12+,13-/m1/s1. The molecule has 0 unspecified atom stereocenters. The average molecular weight is 286 g/mol. The molecule has 0 radical (unpaired) electrons. The van der Waals surface area contributed by atoms with Gasteiger partial charge in [-0.3, -0.25) is 4.79 Å². The first kappa shape index (κ1) is 14.0. The third kappa shape index (κ3) is 2.91. The smallest absolute Gasteiger partial charge is 0.242 e. The number of nitrogens with one attached hydrogen (secondary N) is 1. The van der Waals surface area contributed by atoms with Crippen LogP contribution in [-0.4, -0.2) is 26.9 Å². The zero-order valence-electron chi connectivity index (χ0n) is 12.6. The van der Waals surface area contributed by atoms with Gasteiger partial charge in [0.2, 0.25) is 5.91 Å². The van der Waals surface area contributed by atoms with Gasteiger partial charge >= 0.3 is 0 Å². The molecule has 1 aliphatic carbocycles. The maximum Gasteiger partial charge on any atom is 0.242 e. The maximum atomic E-state index is 12.3. The molecule has 112 valence electrons. The van der Waals surface area contributed by atoms with Gasteiger partial charge in [-0.15, -0.1) is 5.10 Å². The second kappa shape index (κ2) is 5.84. The summed E-state index contributed by atoms with van der Waals surface area (Å²) in [4.78, 5) is 12.3. The molecule has 1 fully saturated rings. The lowest BCUT2D eigenvalue weighted by molar-refractivity contribution is -0.123. The van der Waals surface area contributed by atoms with Gasteiger partial charge in [-0.25, -0.2) is 4.68 Å². The van der Waals surface area contributed by atoms with Crippen molar-refractivity contribution in [1.29, 1.82) is 0 Å². The molecule has 1 aromatic heterocycles. The fourth-order valence-corrected chi connectivity index (χ4v) is 3.21. The van der Waals surface area contributed by atoms with Crippen LogP contribution in [0.4, 0.5) is 0 Å². The van der Waals surface area contributed by atoms with Gasteiger partial charge in [-0.1, -0.05) is 44.0 Å². The third-order valence-corrected chi connectivity index (χ3v) is 4.77. The highest BCUT2D eigenvalue weighted by molar-refractivity contribution is 5.79. The van der Waals surface area contributed by atoms with Crippen LogP contribution in [0, 0.1) is 11.8 Å². The lowest BCUT2D eigenvalue weighted by Gasteiger charge is -2.34. The molecule has 3 atom stereocenters. The van der Waals surface area contributed by atoms with Crippen LogP contribution in [-0.2, 0) is 11.3 Å². The third-order valence-electron chi connectivity index (χ3n) is 4.77. The van der Waals surface area contributed by atoms with E-state index in [0.717, 1.165) is 17.5 Å². The van der Waals surface area contributed by atoms with E-state index in [1.54, 1.807) is 4.68 Å². The number of nitrogens with zero attached hydrogens (tertiary/aromatic N) is 3. The number of benzene rings is 1. The molecular weight excluding hydrogens is 264 g/mol. The fraction of sp³-hybridized carbons (Fsp3) is 0.562. The minimum atomic E-state index is 0.0246. The van der Waals surface area contributed by atoms with Crippen LogP contribution in [0.5, 0.6) is 0 Å². The van der Waals surface area contributed by atoms with Crippen molar-refractivity contribution in [3.63, 3.8) is 0 Å². The van der Waals surface area contributed by atoms with Gasteiger partial charge in [0.15, 0.2) is 0 Å². The first-order valence-corrected chi connectivity index (χ1v) is 7.73. The summed E-state index contributed by atoms with van der Waals surface area (Å²) in [5, 5.41) is 11.3. The van der Waals surface area contributed by atoms with Gasteiger partial charge < -0.3 is 5.32 Å². The van der Waals surface area contributed by atoms with Gasteiger partial charge in [0.05, 0.1) is 5.52 Å². The highest BCUT2D eigenvalue weighted by Crippen LogP contribution is 2.29. The average Bonchev–Trinajstić information content (AvgIpc) is 2.87. The maximum absolute atomic E-state index is 12.3. The molecule has 1 N–H and O–H groups in total. The Balaban J connectivity index is 1.66. The molecule has 0 saturated heterocycles. The van der Waals surface area contributed by atoms with E-state index in [4.69, 9.17) is 0 Å². The molecule has 5 nitrogen and oxygen atoms in total. The van der Waals surface area contributed by atoms with Crippen molar-refractivity contribution < 1.29 is 4.79 Å². The van der Waals surface area contributed by atoms with Crippen LogP contribution in [0.15, 0.2) is 24.3 Å². The van der Waals surface area contributed by atoms with E-state index >= 15 is 0 Å². The minimum absolute atomic E-state index is 0.0246. The van der Waals surface area contributed by atoms with Crippen LogP contribution >= 0.6 is 0 Å². The number of hydrogen-bond donors (Lipinski definition) is 1. The Bertz CT molecular complexity index is 636. The second-order valence-electron chi connectivity index (χ2n) is 6.18. The first-order chi connectivity index (χ1) is 10.1. The summed E-state index contributed by atoms with van der Waals surface area (Å²) >= 11 is 0. The van der Waals surface area contributed by atoms with Crippen molar-refractivity contribution >= 4 is 16.9 Å². The Hall–Kier alpha value is -1.91. The predicted octanol–water partition coefficient (Wildman–Crippen LogP) is 2.37. The van der Waals surface area contributed by atoms with Gasteiger partial charge in [-0.05, 0) is 30.4 Å². The monoisotopic (exact) mass is 286 g/mol. The van der Waals surface area contributed by atoms with Crippen LogP contribution < -0.4 is 5.32 Å². The number of hydrogen-bond acceptors (Lipinski definition) is 3. The van der Waals surface area contributed by atoms with E-state index in [1.165, 1.54) is 12.8 Å². The van der Waals surface area contributed by atoms with Crippen molar-refractivity contribution in [2.45, 2.75) is 45.7 Å². The van der Waals surface area contributed by atoms with Crippen molar-refractivity contribution in [3.05, 3.63) is 24.3 Å². The van der Waals surface area contributed by atoms with E-state index in [2.05, 4.69) is 29.5 Å². The molecule has 0 aliphatic heterocycles. The number of carbonyl (C=O) groups is 1. The first-order valence-electron chi connectivity index (χ1n) is 7.73. The highest BCUT2D eigenvalue weighted by Gasteiger charge is 2.28. The van der Waals surface area contributed by atoms with Gasteiger partial charge in [0, 0.05) is 6.04 Å². The minimum Gasteiger partial charge on any atom is -0.351 e. The van der Waals surface area contributed by atoms with Crippen LogP contribution in [0.3, 0.4) is 0 Å². The summed E-state index contributed by atoms with van der Waals surface area (Å²) in [6.07, 6.45) is 3.54. The largest absolute Gasteiger partial charge is 0.351 e. The van der Waals surface area contributed by atoms with Crippen LogP contribution in [0.1, 0.15) is 33.1 Å². The molecular formula is C16H22N4O. The Morgan fingerprint density at radius 3 is 3.00 bits per heavy atom. The summed E-state index contributed by atoms with van der Waals surface area (Å²) in [7, 11) is 0. The van der Waals surface area contributed by atoms with Crippen LogP contribution in [0.2, 0.25) is 0 Å². The Kier molecular flexibility index (Phi) is 3.90. The van der Waals surface area contributed by atoms with E-state index in [1.807, 2.05) is 24.3 Å². The fourth-order valence-electron chi connectivity index (χ4n) is 3.21. The van der Waals surface area contributed by atoms with E-state index in [9.17, 15) is 4.79 Å². The van der Waals surface area contributed by atoms with Gasteiger partial charge in [-0.2, -0.15) is 0 Å². The number of carbonyl (C=O) groups excluding carboxylic acids is 1. The molecule has 2 aromatic rings. The highest BCUT2D eigenvalue weighted by atomic mass is 16.2. The molecule has 21 heavy (non-hydrogen) atoms. The zero-order chi connectivity index (χ0) is 14.8. The van der Waals surface area contributed by atoms with Crippen LogP contribution in [0.25, 0.3) is 11.0 Å². The van der Waals surface area contributed by atoms with Crippen molar-refractivity contribution in [2.75, 3.05) is 0 Å². The van der Waals surface area contributed by atoms with Crippen molar-refractivity contribution in [1.82, 2.24) is 20.3 Å². The molecule has 0 bridgehead atoms.